The maximum atomic E-state index is 10.4. The Labute approximate surface area is 222 Å². The van der Waals surface area contributed by atoms with E-state index in [1.165, 1.54) is 70.6 Å². The van der Waals surface area contributed by atoms with Crippen LogP contribution < -0.4 is 0 Å². The van der Waals surface area contributed by atoms with Gasteiger partial charge in [-0.2, -0.15) is 0 Å². The summed E-state index contributed by atoms with van der Waals surface area (Å²) in [4.78, 5) is 20.6. The largest absolute Gasteiger partial charge is 0.481 e. The average molecular weight is 517 g/mol. The van der Waals surface area contributed by atoms with E-state index in [-0.39, 0.29) is 6.42 Å². The van der Waals surface area contributed by atoms with Gasteiger partial charge in [-0.05, 0) is 25.7 Å². The lowest BCUT2D eigenvalue weighted by molar-refractivity contribution is -0.138. The minimum absolute atomic E-state index is 0.250. The standard InChI is InChI=1S/C18H36O4.C12H24O2/c1-2-3-4-5-7-10-13-16(19)17(20)14-11-8-6-9-12-15-18(21)22;1-2-3-4-5-6-7-8-9-10-11-12(13)14/h16-17,19-20H,2-15H2,1H3,(H,21,22);2-11H2,1H3,(H,13,14). The summed E-state index contributed by atoms with van der Waals surface area (Å²) in [5.74, 6) is -1.39. The Kier molecular flexibility index (Phi) is 30.9. The molecule has 6 nitrogen and oxygen atoms in total. The average Bonchev–Trinajstić information content (AvgIpc) is 2.84. The molecule has 0 radical (unpaired) electrons. The molecule has 0 aromatic carbocycles. The number of carboxylic acids is 2. The summed E-state index contributed by atoms with van der Waals surface area (Å²) in [5, 5.41) is 36.7. The Balaban J connectivity index is 0. The van der Waals surface area contributed by atoms with Crippen LogP contribution in [0.1, 0.15) is 168 Å². The molecule has 0 spiro atoms. The maximum absolute atomic E-state index is 10.4. The molecule has 0 amide bonds. The summed E-state index contributed by atoms with van der Waals surface area (Å²) < 4.78 is 0. The topological polar surface area (TPSA) is 115 Å². The highest BCUT2D eigenvalue weighted by atomic mass is 16.4. The molecule has 0 aliphatic rings. The first-order chi connectivity index (χ1) is 17.3. The molecule has 0 bridgehead atoms. The molecule has 0 aliphatic heterocycles. The highest BCUT2D eigenvalue weighted by Crippen LogP contribution is 2.15. The Morgan fingerprint density at radius 3 is 0.972 bits per heavy atom. The van der Waals surface area contributed by atoms with Crippen LogP contribution in [0.15, 0.2) is 0 Å². The monoisotopic (exact) mass is 516 g/mol. The highest BCUT2D eigenvalue weighted by Gasteiger charge is 2.15. The van der Waals surface area contributed by atoms with Gasteiger partial charge in [-0.1, -0.05) is 129 Å². The third kappa shape index (κ3) is 32.9. The number of aliphatic carboxylic acids is 2. The van der Waals surface area contributed by atoms with Gasteiger partial charge in [0.1, 0.15) is 0 Å². The summed E-state index contributed by atoms with van der Waals surface area (Å²) in [5.41, 5.74) is 0. The van der Waals surface area contributed by atoms with Gasteiger partial charge >= 0.3 is 11.9 Å². The third-order valence-electron chi connectivity index (χ3n) is 6.68. The van der Waals surface area contributed by atoms with Gasteiger partial charge in [0.15, 0.2) is 0 Å². The first kappa shape index (κ1) is 37.0. The van der Waals surface area contributed by atoms with Crippen molar-refractivity contribution in [3.63, 3.8) is 0 Å². The normalized spacial score (nSPS) is 12.6. The van der Waals surface area contributed by atoms with Crippen LogP contribution in [0.3, 0.4) is 0 Å². The van der Waals surface area contributed by atoms with Gasteiger partial charge in [0.25, 0.3) is 0 Å². The molecule has 2 unspecified atom stereocenters. The molecule has 6 heteroatoms. The molecule has 0 fully saturated rings. The molecule has 0 aliphatic carbocycles. The smallest absolute Gasteiger partial charge is 0.303 e. The Morgan fingerprint density at radius 2 is 0.694 bits per heavy atom. The Hall–Kier alpha value is -1.14. The van der Waals surface area contributed by atoms with E-state index < -0.39 is 24.1 Å². The number of hydrogen-bond acceptors (Lipinski definition) is 4. The van der Waals surface area contributed by atoms with Crippen LogP contribution in [-0.2, 0) is 9.59 Å². The fraction of sp³-hybridized carbons (Fsp3) is 0.933. The van der Waals surface area contributed by atoms with Gasteiger partial charge < -0.3 is 20.4 Å². The number of carboxylic acid groups (broad SMARTS) is 2. The third-order valence-corrected chi connectivity index (χ3v) is 6.68. The van der Waals surface area contributed by atoms with Gasteiger partial charge in [-0.3, -0.25) is 9.59 Å². The first-order valence-electron chi connectivity index (χ1n) is 15.1. The van der Waals surface area contributed by atoms with Crippen LogP contribution in [-0.4, -0.2) is 44.6 Å². The second-order valence-electron chi connectivity index (χ2n) is 10.4. The van der Waals surface area contributed by atoms with Gasteiger partial charge in [-0.25, -0.2) is 0 Å². The van der Waals surface area contributed by atoms with E-state index in [2.05, 4.69) is 13.8 Å². The van der Waals surface area contributed by atoms with Crippen LogP contribution >= 0.6 is 0 Å². The SMILES string of the molecule is CCCCCCCCC(O)C(O)CCCCCCCC(=O)O.CCCCCCCCCCCC(=O)O. The molecule has 2 atom stereocenters. The molecule has 4 N–H and O–H groups in total. The summed E-state index contributed by atoms with van der Waals surface area (Å²) in [6.45, 7) is 4.43. The van der Waals surface area contributed by atoms with E-state index in [4.69, 9.17) is 10.2 Å². The van der Waals surface area contributed by atoms with Gasteiger partial charge in [-0.15, -0.1) is 0 Å². The van der Waals surface area contributed by atoms with Crippen LogP contribution in [0.4, 0.5) is 0 Å². The van der Waals surface area contributed by atoms with Gasteiger partial charge in [0, 0.05) is 12.8 Å². The molecule has 36 heavy (non-hydrogen) atoms. The van der Waals surface area contributed by atoms with Gasteiger partial charge in [0.2, 0.25) is 0 Å². The number of unbranched alkanes of at least 4 members (excludes halogenated alkanes) is 17. The van der Waals surface area contributed by atoms with Crippen LogP contribution in [0.2, 0.25) is 0 Å². The van der Waals surface area contributed by atoms with E-state index in [0.29, 0.717) is 19.3 Å². The predicted octanol–water partition coefficient (Wildman–Crippen LogP) is 8.27. The maximum Gasteiger partial charge on any atom is 0.303 e. The minimum Gasteiger partial charge on any atom is -0.481 e. The Morgan fingerprint density at radius 1 is 0.444 bits per heavy atom. The minimum atomic E-state index is -0.728. The van der Waals surface area contributed by atoms with E-state index in [0.717, 1.165) is 57.8 Å². The molecule has 0 saturated heterocycles. The van der Waals surface area contributed by atoms with E-state index in [9.17, 15) is 19.8 Å². The van der Waals surface area contributed by atoms with Crippen LogP contribution in [0.25, 0.3) is 0 Å². The molecule has 0 saturated carbocycles. The zero-order valence-electron chi connectivity index (χ0n) is 23.7. The Bertz CT molecular complexity index is 468. The lowest BCUT2D eigenvalue weighted by atomic mass is 9.99. The molecular formula is C30H60O6. The highest BCUT2D eigenvalue weighted by molar-refractivity contribution is 5.66. The van der Waals surface area contributed by atoms with E-state index in [1.54, 1.807) is 0 Å². The van der Waals surface area contributed by atoms with E-state index in [1.807, 2.05) is 0 Å². The van der Waals surface area contributed by atoms with Gasteiger partial charge in [0.05, 0.1) is 12.2 Å². The first-order valence-corrected chi connectivity index (χ1v) is 15.1. The summed E-state index contributed by atoms with van der Waals surface area (Å²) in [7, 11) is 0. The second-order valence-corrected chi connectivity index (χ2v) is 10.4. The predicted molar refractivity (Wildman–Crippen MR) is 149 cm³/mol. The van der Waals surface area contributed by atoms with Crippen molar-refractivity contribution in [1.29, 1.82) is 0 Å². The summed E-state index contributed by atoms with van der Waals surface area (Å²) >= 11 is 0. The quantitative estimate of drug-likeness (QED) is 0.0860. The number of carbonyl (C=O) groups is 2. The summed E-state index contributed by atoms with van der Waals surface area (Å²) in [6, 6.07) is 0. The lowest BCUT2D eigenvalue weighted by Gasteiger charge is -2.17. The fourth-order valence-corrected chi connectivity index (χ4v) is 4.27. The molecule has 216 valence electrons. The van der Waals surface area contributed by atoms with Crippen LogP contribution in [0.5, 0.6) is 0 Å². The number of rotatable bonds is 26. The van der Waals surface area contributed by atoms with Crippen molar-refractivity contribution in [2.24, 2.45) is 0 Å². The second kappa shape index (κ2) is 30.1. The molecule has 0 aromatic rings. The van der Waals surface area contributed by atoms with Crippen molar-refractivity contribution < 1.29 is 30.0 Å². The number of aliphatic hydroxyl groups is 2. The van der Waals surface area contributed by atoms with Crippen LogP contribution in [0, 0.1) is 0 Å². The molecular weight excluding hydrogens is 456 g/mol. The molecule has 0 rings (SSSR count). The van der Waals surface area contributed by atoms with Crippen molar-refractivity contribution in [2.45, 2.75) is 180 Å². The van der Waals surface area contributed by atoms with Crippen molar-refractivity contribution in [3.05, 3.63) is 0 Å². The molecule has 0 heterocycles. The van der Waals surface area contributed by atoms with Crippen molar-refractivity contribution >= 4 is 11.9 Å². The van der Waals surface area contributed by atoms with Crippen molar-refractivity contribution in [1.82, 2.24) is 0 Å². The lowest BCUT2D eigenvalue weighted by Crippen LogP contribution is -2.25. The molecule has 0 aromatic heterocycles. The summed E-state index contributed by atoms with van der Waals surface area (Å²) in [6.07, 6.45) is 23.7. The number of hydrogen-bond donors (Lipinski definition) is 4. The van der Waals surface area contributed by atoms with Crippen molar-refractivity contribution in [2.75, 3.05) is 0 Å². The fourth-order valence-electron chi connectivity index (χ4n) is 4.27. The van der Waals surface area contributed by atoms with Crippen molar-refractivity contribution in [3.8, 4) is 0 Å². The zero-order valence-corrected chi connectivity index (χ0v) is 23.7. The number of aliphatic hydroxyl groups excluding tert-OH is 2. The zero-order chi connectivity index (χ0) is 27.3. The van der Waals surface area contributed by atoms with E-state index >= 15 is 0 Å².